The minimum absolute atomic E-state index is 0.0696. The van der Waals surface area contributed by atoms with E-state index in [1.165, 1.54) is 4.31 Å². The molecule has 2 aromatic rings. The average molecular weight is 489 g/mol. The molecule has 1 aliphatic rings. The minimum Gasteiger partial charge on any atom is -0.493 e. The predicted octanol–water partition coefficient (Wildman–Crippen LogP) is 3.73. The van der Waals surface area contributed by atoms with Gasteiger partial charge in [-0.3, -0.25) is 4.79 Å². The van der Waals surface area contributed by atoms with Crippen LogP contribution in [0.25, 0.3) is 0 Å². The van der Waals surface area contributed by atoms with Crippen LogP contribution in [0.3, 0.4) is 0 Å². The van der Waals surface area contributed by atoms with Gasteiger partial charge in [0.15, 0.2) is 11.5 Å². The number of likely N-dealkylation sites (N-methyl/N-ethyl adjacent to an activating group) is 1. The summed E-state index contributed by atoms with van der Waals surface area (Å²) in [5.74, 6) is 1.25. The van der Waals surface area contributed by atoms with Gasteiger partial charge in [-0.2, -0.15) is 4.31 Å². The maximum atomic E-state index is 13.3. The third-order valence-corrected chi connectivity index (χ3v) is 8.77. The third kappa shape index (κ3) is 5.55. The number of nitrogens with zero attached hydrogens (tertiary/aromatic N) is 2. The van der Waals surface area contributed by atoms with E-state index in [1.807, 2.05) is 58.2 Å². The molecular formula is C26H36N2O5S. The van der Waals surface area contributed by atoms with Crippen molar-refractivity contribution in [3.05, 3.63) is 52.6 Å². The number of carbonyl (C=O) groups excluding carboxylic acids is 1. The van der Waals surface area contributed by atoms with Crippen LogP contribution in [-0.2, 0) is 21.2 Å². The monoisotopic (exact) mass is 488 g/mol. The molecule has 0 atom stereocenters. The molecule has 1 fully saturated rings. The van der Waals surface area contributed by atoms with Crippen LogP contribution in [0.15, 0.2) is 35.2 Å². The van der Waals surface area contributed by atoms with Crippen molar-refractivity contribution in [3.63, 3.8) is 0 Å². The average Bonchev–Trinajstić information content (AvgIpc) is 2.81. The van der Waals surface area contributed by atoms with Gasteiger partial charge in [-0.25, -0.2) is 8.42 Å². The van der Waals surface area contributed by atoms with Gasteiger partial charge in [0.1, 0.15) is 0 Å². The highest BCUT2D eigenvalue weighted by molar-refractivity contribution is 7.89. The second-order valence-corrected chi connectivity index (χ2v) is 11.0. The first-order valence-electron chi connectivity index (χ1n) is 11.6. The Bertz CT molecular complexity index is 1110. The van der Waals surface area contributed by atoms with E-state index in [4.69, 9.17) is 9.47 Å². The summed E-state index contributed by atoms with van der Waals surface area (Å²) in [6, 6.07) is 9.57. The number of ether oxygens (including phenoxy) is 2. The molecule has 3 rings (SSSR count). The molecule has 1 aliphatic heterocycles. The van der Waals surface area contributed by atoms with Crippen molar-refractivity contribution >= 4 is 15.9 Å². The maximum absolute atomic E-state index is 13.3. The molecule has 0 spiro atoms. The molecule has 0 saturated carbocycles. The van der Waals surface area contributed by atoms with Crippen molar-refractivity contribution in [1.82, 2.24) is 9.21 Å². The van der Waals surface area contributed by atoms with Crippen molar-refractivity contribution < 1.29 is 22.7 Å². The van der Waals surface area contributed by atoms with Crippen LogP contribution in [0.4, 0.5) is 0 Å². The second kappa shape index (κ2) is 10.8. The van der Waals surface area contributed by atoms with Gasteiger partial charge in [0, 0.05) is 32.6 Å². The van der Waals surface area contributed by atoms with E-state index in [2.05, 4.69) is 0 Å². The van der Waals surface area contributed by atoms with E-state index in [-0.39, 0.29) is 11.8 Å². The molecule has 1 saturated heterocycles. The second-order valence-electron chi connectivity index (χ2n) is 9.11. The van der Waals surface area contributed by atoms with Gasteiger partial charge in [-0.05, 0) is 68.9 Å². The highest BCUT2D eigenvalue weighted by Gasteiger charge is 2.34. The number of hydrogen-bond acceptors (Lipinski definition) is 5. The molecule has 0 bridgehead atoms. The highest BCUT2D eigenvalue weighted by Crippen LogP contribution is 2.30. The molecule has 186 valence electrons. The quantitative estimate of drug-likeness (QED) is 0.566. The predicted molar refractivity (Wildman–Crippen MR) is 133 cm³/mol. The van der Waals surface area contributed by atoms with E-state index >= 15 is 0 Å². The van der Waals surface area contributed by atoms with Gasteiger partial charge in [-0.1, -0.05) is 23.8 Å². The van der Waals surface area contributed by atoms with Gasteiger partial charge >= 0.3 is 0 Å². The molecule has 1 heterocycles. The van der Waals surface area contributed by atoms with Crippen molar-refractivity contribution in [1.29, 1.82) is 0 Å². The van der Waals surface area contributed by atoms with E-state index < -0.39 is 10.0 Å². The molecule has 0 aliphatic carbocycles. The first-order valence-corrected chi connectivity index (χ1v) is 13.1. The lowest BCUT2D eigenvalue weighted by Crippen LogP contribution is -2.44. The number of aryl methyl sites for hydroxylation is 3. The zero-order chi connectivity index (χ0) is 25.0. The van der Waals surface area contributed by atoms with Gasteiger partial charge in [0.05, 0.1) is 19.1 Å². The summed E-state index contributed by atoms with van der Waals surface area (Å²) in [6.07, 6.45) is 1.76. The number of hydrogen-bond donors (Lipinski definition) is 0. The number of amides is 1. The topological polar surface area (TPSA) is 76.2 Å². The summed E-state index contributed by atoms with van der Waals surface area (Å²) in [7, 11) is 1.43. The summed E-state index contributed by atoms with van der Waals surface area (Å²) < 4.78 is 38.8. The van der Waals surface area contributed by atoms with Crippen LogP contribution in [-0.4, -0.2) is 64.4 Å². The Balaban J connectivity index is 1.59. The SMILES string of the molecule is COc1ccc(CCN(C)C(=O)C2CCN(S(=O)(=O)c3c(C)cc(C)cc3C)CC2)cc1OC. The van der Waals surface area contributed by atoms with Crippen LogP contribution in [0.1, 0.15) is 35.1 Å². The Labute approximate surface area is 203 Å². The van der Waals surface area contributed by atoms with Crippen molar-refractivity contribution in [3.8, 4) is 11.5 Å². The summed E-state index contributed by atoms with van der Waals surface area (Å²) in [4.78, 5) is 15.2. The Kier molecular flexibility index (Phi) is 8.25. The van der Waals surface area contributed by atoms with E-state index in [9.17, 15) is 13.2 Å². The van der Waals surface area contributed by atoms with Gasteiger partial charge in [0.25, 0.3) is 0 Å². The molecule has 34 heavy (non-hydrogen) atoms. The van der Waals surface area contributed by atoms with Gasteiger partial charge < -0.3 is 14.4 Å². The number of carbonyl (C=O) groups is 1. The number of methoxy groups -OCH3 is 2. The molecule has 1 amide bonds. The molecule has 7 nitrogen and oxygen atoms in total. The van der Waals surface area contributed by atoms with Gasteiger partial charge in [-0.15, -0.1) is 0 Å². The number of piperidine rings is 1. The Morgan fingerprint density at radius 2 is 1.59 bits per heavy atom. The number of sulfonamides is 1. The van der Waals surface area contributed by atoms with Crippen molar-refractivity contribution in [2.45, 2.75) is 44.9 Å². The highest BCUT2D eigenvalue weighted by atomic mass is 32.2. The largest absolute Gasteiger partial charge is 0.493 e. The number of rotatable bonds is 8. The smallest absolute Gasteiger partial charge is 0.243 e. The standard InChI is InChI=1S/C26H36N2O5S/c1-18-15-19(2)25(20(3)16-18)34(30,31)28-13-10-22(11-14-28)26(29)27(4)12-9-21-7-8-23(32-5)24(17-21)33-6/h7-8,15-17,22H,9-14H2,1-6H3. The first kappa shape index (κ1) is 26.0. The summed E-state index contributed by atoms with van der Waals surface area (Å²) in [5.41, 5.74) is 3.65. The lowest BCUT2D eigenvalue weighted by Gasteiger charge is -2.33. The molecule has 2 aromatic carbocycles. The van der Waals surface area contributed by atoms with Crippen molar-refractivity contribution in [2.24, 2.45) is 5.92 Å². The molecule has 8 heteroatoms. The Morgan fingerprint density at radius 1 is 1.00 bits per heavy atom. The van der Waals surface area contributed by atoms with Gasteiger partial charge in [0.2, 0.25) is 15.9 Å². The Hall–Kier alpha value is -2.58. The van der Waals surface area contributed by atoms with E-state index in [0.29, 0.717) is 55.3 Å². The molecule has 0 unspecified atom stereocenters. The van der Waals surface area contributed by atoms with Crippen LogP contribution in [0, 0.1) is 26.7 Å². The first-order chi connectivity index (χ1) is 16.1. The lowest BCUT2D eigenvalue weighted by molar-refractivity contribution is -0.135. The minimum atomic E-state index is -3.58. The maximum Gasteiger partial charge on any atom is 0.243 e. The number of benzene rings is 2. The summed E-state index contributed by atoms with van der Waals surface area (Å²) in [5, 5.41) is 0. The molecule has 0 radical (unpaired) electrons. The van der Waals surface area contributed by atoms with E-state index in [1.54, 1.807) is 19.1 Å². The summed E-state index contributed by atoms with van der Waals surface area (Å²) in [6.45, 7) is 6.95. The Morgan fingerprint density at radius 3 is 2.15 bits per heavy atom. The molecule has 0 aromatic heterocycles. The van der Waals surface area contributed by atoms with E-state index in [0.717, 1.165) is 22.3 Å². The van der Waals surface area contributed by atoms with Crippen LogP contribution in [0.5, 0.6) is 11.5 Å². The van der Waals surface area contributed by atoms with Crippen LogP contribution in [0.2, 0.25) is 0 Å². The fourth-order valence-electron chi connectivity index (χ4n) is 4.80. The zero-order valence-electron chi connectivity index (χ0n) is 21.1. The lowest BCUT2D eigenvalue weighted by atomic mass is 9.96. The summed E-state index contributed by atoms with van der Waals surface area (Å²) >= 11 is 0. The van der Waals surface area contributed by atoms with Crippen molar-refractivity contribution in [2.75, 3.05) is 40.9 Å². The van der Waals surface area contributed by atoms with Crippen LogP contribution < -0.4 is 9.47 Å². The third-order valence-electron chi connectivity index (χ3n) is 6.57. The zero-order valence-corrected chi connectivity index (χ0v) is 21.9. The normalized spacial score (nSPS) is 15.2. The fourth-order valence-corrected chi connectivity index (χ4v) is 6.68. The van der Waals surface area contributed by atoms with Crippen LogP contribution >= 0.6 is 0 Å². The molecular weight excluding hydrogens is 452 g/mol. The fraction of sp³-hybridized carbons (Fsp3) is 0.500. The molecule has 0 N–H and O–H groups in total.